The van der Waals surface area contributed by atoms with Gasteiger partial charge < -0.3 is 9.84 Å². The van der Waals surface area contributed by atoms with Gasteiger partial charge in [-0.2, -0.15) is 0 Å². The Bertz CT molecular complexity index is 2080. The molecule has 0 aromatic heterocycles. The summed E-state index contributed by atoms with van der Waals surface area (Å²) in [5.41, 5.74) is 1.04. The van der Waals surface area contributed by atoms with E-state index in [1.54, 1.807) is 60.7 Å². The summed E-state index contributed by atoms with van der Waals surface area (Å²) in [7, 11) is 1.49. The summed E-state index contributed by atoms with van der Waals surface area (Å²) >= 11 is 12.5. The van der Waals surface area contributed by atoms with E-state index in [0.29, 0.717) is 38.3 Å². The number of halogens is 2. The molecule has 4 aromatic rings. The lowest BCUT2D eigenvalue weighted by Gasteiger charge is -2.50. The third-order valence-corrected chi connectivity index (χ3v) is 11.3. The normalized spacial score (nSPS) is 27.5. The van der Waals surface area contributed by atoms with E-state index >= 15 is 4.79 Å². The van der Waals surface area contributed by atoms with E-state index in [9.17, 15) is 19.5 Å². The van der Waals surface area contributed by atoms with Crippen LogP contribution < -0.4 is 14.5 Å². The SMILES string of the molecule is COc1ccc([C@H]2C3=CC[C@@H]4C(=O)N(c5ccc(Cl)cc5)C(=O)[C@@H]4[C@@H]3C[C@H]3C(=O)N(c4cccc(Cl)c4)C(=O)[C@@]23c2ccccc2)c(O)c1. The van der Waals surface area contributed by atoms with Gasteiger partial charge in [0.05, 0.1) is 41.7 Å². The third kappa shape index (κ3) is 4.50. The molecule has 0 radical (unpaired) electrons. The van der Waals surface area contributed by atoms with Crippen molar-refractivity contribution in [1.29, 1.82) is 0 Å². The van der Waals surface area contributed by atoms with E-state index in [-0.39, 0.29) is 30.4 Å². The number of rotatable bonds is 5. The van der Waals surface area contributed by atoms with E-state index in [1.807, 2.05) is 36.4 Å². The lowest BCUT2D eigenvalue weighted by atomic mass is 9.49. The van der Waals surface area contributed by atoms with E-state index in [2.05, 4.69) is 0 Å². The van der Waals surface area contributed by atoms with Gasteiger partial charge in [-0.3, -0.25) is 24.1 Å². The first kappa shape index (κ1) is 31.4. The number of anilines is 2. The summed E-state index contributed by atoms with van der Waals surface area (Å²) < 4.78 is 5.40. The van der Waals surface area contributed by atoms with E-state index in [4.69, 9.17) is 27.9 Å². The molecule has 2 aliphatic heterocycles. The Hall–Kier alpha value is -4.92. The molecular formula is C39H30Cl2N2O6. The number of aromatic hydroxyl groups is 1. The third-order valence-electron chi connectivity index (χ3n) is 10.8. The van der Waals surface area contributed by atoms with Crippen LogP contribution in [0.25, 0.3) is 0 Å². The number of allylic oxidation sites excluding steroid dienone is 2. The second-order valence-electron chi connectivity index (χ2n) is 13.0. The molecule has 8 rings (SSSR count). The van der Waals surface area contributed by atoms with Crippen molar-refractivity contribution in [2.24, 2.45) is 23.7 Å². The smallest absolute Gasteiger partial charge is 0.246 e. The van der Waals surface area contributed by atoms with Gasteiger partial charge in [-0.25, -0.2) is 4.90 Å². The maximum atomic E-state index is 15.3. The minimum Gasteiger partial charge on any atom is -0.508 e. The molecule has 49 heavy (non-hydrogen) atoms. The summed E-state index contributed by atoms with van der Waals surface area (Å²) in [5, 5.41) is 12.5. The molecule has 246 valence electrons. The van der Waals surface area contributed by atoms with Crippen molar-refractivity contribution in [2.75, 3.05) is 16.9 Å². The van der Waals surface area contributed by atoms with Gasteiger partial charge in [0.25, 0.3) is 0 Å². The van der Waals surface area contributed by atoms with Gasteiger partial charge >= 0.3 is 0 Å². The average molecular weight is 694 g/mol. The van der Waals surface area contributed by atoms with E-state index < -0.39 is 46.8 Å². The van der Waals surface area contributed by atoms with Crippen molar-refractivity contribution >= 4 is 58.2 Å². The number of hydrogen-bond acceptors (Lipinski definition) is 6. The summed E-state index contributed by atoms with van der Waals surface area (Å²) in [6.07, 6.45) is 2.36. The van der Waals surface area contributed by atoms with E-state index in [0.717, 1.165) is 5.57 Å². The lowest BCUT2D eigenvalue weighted by molar-refractivity contribution is -0.127. The Balaban J connectivity index is 1.36. The molecule has 1 saturated carbocycles. The van der Waals surface area contributed by atoms with Crippen LogP contribution in [0.2, 0.25) is 10.0 Å². The van der Waals surface area contributed by atoms with Crippen LogP contribution in [-0.4, -0.2) is 35.8 Å². The largest absolute Gasteiger partial charge is 0.508 e. The minimum absolute atomic E-state index is 0.111. The number of phenols is 1. The zero-order valence-electron chi connectivity index (χ0n) is 26.3. The minimum atomic E-state index is -1.50. The summed E-state index contributed by atoms with van der Waals surface area (Å²) in [6.45, 7) is 0. The standard InChI is InChI=1S/C39H30Cl2N2O6/c1-49-26-14-15-28(32(44)19-26)34-27-16-17-29-33(37(47)42(35(29)45)24-12-10-22(40)11-13-24)30(27)20-31-36(46)43(25-9-5-8-23(41)18-25)38(48)39(31,34)21-6-3-2-4-7-21/h2-16,18-19,29-31,33-34,44H,17,20H2,1H3/t29-,30+,31-,33-,34+,39+/m0/s1. The highest BCUT2D eigenvalue weighted by atomic mass is 35.5. The molecule has 1 N–H and O–H groups in total. The Morgan fingerprint density at radius 2 is 1.51 bits per heavy atom. The molecule has 2 aliphatic carbocycles. The van der Waals surface area contributed by atoms with Crippen molar-refractivity contribution < 1.29 is 29.0 Å². The molecule has 4 amide bonds. The molecule has 2 saturated heterocycles. The highest BCUT2D eigenvalue weighted by Gasteiger charge is 2.70. The summed E-state index contributed by atoms with van der Waals surface area (Å²) in [5.74, 6) is -5.05. The van der Waals surface area contributed by atoms with Gasteiger partial charge in [-0.15, -0.1) is 0 Å². The maximum absolute atomic E-state index is 15.3. The Morgan fingerprint density at radius 3 is 2.20 bits per heavy atom. The van der Waals surface area contributed by atoms with Crippen LogP contribution in [0.3, 0.4) is 0 Å². The van der Waals surface area contributed by atoms with Crippen molar-refractivity contribution in [2.45, 2.75) is 24.2 Å². The predicted molar refractivity (Wildman–Crippen MR) is 185 cm³/mol. The molecular weight excluding hydrogens is 663 g/mol. The molecule has 10 heteroatoms. The predicted octanol–water partition coefficient (Wildman–Crippen LogP) is 7.07. The summed E-state index contributed by atoms with van der Waals surface area (Å²) in [4.78, 5) is 60.8. The lowest BCUT2D eigenvalue weighted by Crippen LogP contribution is -2.53. The number of fused-ring (bicyclic) bond motifs is 4. The molecule has 0 bridgehead atoms. The topological polar surface area (TPSA) is 104 Å². The number of carbonyl (C=O) groups is 4. The zero-order valence-corrected chi connectivity index (χ0v) is 27.8. The fourth-order valence-electron chi connectivity index (χ4n) is 8.83. The second-order valence-corrected chi connectivity index (χ2v) is 13.9. The van der Waals surface area contributed by atoms with Crippen molar-refractivity contribution in [3.05, 3.63) is 130 Å². The van der Waals surface area contributed by atoms with Crippen molar-refractivity contribution in [3.8, 4) is 11.5 Å². The number of methoxy groups -OCH3 is 1. The molecule has 2 heterocycles. The monoisotopic (exact) mass is 692 g/mol. The summed E-state index contributed by atoms with van der Waals surface area (Å²) in [6, 6.07) is 27.2. The van der Waals surface area contributed by atoms with Gasteiger partial charge in [0.2, 0.25) is 23.6 Å². The van der Waals surface area contributed by atoms with Crippen LogP contribution in [0.4, 0.5) is 11.4 Å². The Morgan fingerprint density at radius 1 is 0.755 bits per heavy atom. The van der Waals surface area contributed by atoms with Gasteiger partial charge in [0.15, 0.2) is 0 Å². The quantitative estimate of drug-likeness (QED) is 0.177. The highest BCUT2D eigenvalue weighted by Crippen LogP contribution is 2.65. The van der Waals surface area contributed by atoms with Crippen LogP contribution in [0.5, 0.6) is 11.5 Å². The van der Waals surface area contributed by atoms with E-state index in [1.165, 1.54) is 23.0 Å². The molecule has 3 fully saturated rings. The van der Waals surface area contributed by atoms with Crippen LogP contribution in [0.15, 0.2) is 109 Å². The van der Waals surface area contributed by atoms with Crippen molar-refractivity contribution in [1.82, 2.24) is 0 Å². The number of benzene rings is 4. The van der Waals surface area contributed by atoms with Crippen LogP contribution in [0.1, 0.15) is 29.9 Å². The first-order valence-corrected chi connectivity index (χ1v) is 16.8. The number of ether oxygens (including phenoxy) is 1. The molecule has 6 atom stereocenters. The number of nitrogens with zero attached hydrogens (tertiary/aromatic N) is 2. The van der Waals surface area contributed by atoms with Gasteiger partial charge in [0, 0.05) is 27.6 Å². The van der Waals surface area contributed by atoms with Crippen LogP contribution in [0, 0.1) is 23.7 Å². The number of phenolic OH excluding ortho intramolecular Hbond substituents is 1. The Kier molecular flexibility index (Phi) is 7.42. The molecule has 8 nitrogen and oxygen atoms in total. The Labute approximate surface area is 292 Å². The second kappa shape index (κ2) is 11.6. The van der Waals surface area contributed by atoms with Gasteiger partial charge in [-0.1, -0.05) is 77.3 Å². The fraction of sp³-hybridized carbons (Fsp3) is 0.231. The molecule has 4 aliphatic rings. The molecule has 0 unspecified atom stereocenters. The maximum Gasteiger partial charge on any atom is 0.246 e. The van der Waals surface area contributed by atoms with Crippen LogP contribution >= 0.6 is 23.2 Å². The van der Waals surface area contributed by atoms with Gasteiger partial charge in [0.1, 0.15) is 11.5 Å². The number of amides is 4. The van der Waals surface area contributed by atoms with Gasteiger partial charge in [-0.05, 0) is 72.9 Å². The highest BCUT2D eigenvalue weighted by molar-refractivity contribution is 6.32. The van der Waals surface area contributed by atoms with Crippen LogP contribution in [-0.2, 0) is 24.6 Å². The average Bonchev–Trinajstić information content (AvgIpc) is 3.50. The molecule has 0 spiro atoms. The number of imide groups is 2. The first-order chi connectivity index (χ1) is 23.7. The number of hydrogen-bond donors (Lipinski definition) is 1. The zero-order chi connectivity index (χ0) is 34.2. The van der Waals surface area contributed by atoms with Crippen molar-refractivity contribution in [3.63, 3.8) is 0 Å². The molecule has 4 aromatic carbocycles. The number of carbonyl (C=O) groups excluding carboxylic acids is 4. The fourth-order valence-corrected chi connectivity index (χ4v) is 9.14. The first-order valence-electron chi connectivity index (χ1n) is 16.1.